The maximum Gasteiger partial charge on any atom is 0.242 e. The average molecular weight is 367 g/mol. The summed E-state index contributed by atoms with van der Waals surface area (Å²) in [5, 5.41) is 2.87. The van der Waals surface area contributed by atoms with E-state index in [9.17, 15) is 9.59 Å². The lowest BCUT2D eigenvalue weighted by molar-refractivity contribution is -0.140. The van der Waals surface area contributed by atoms with Gasteiger partial charge in [-0.25, -0.2) is 0 Å². The van der Waals surface area contributed by atoms with E-state index in [0.29, 0.717) is 25.9 Å². The van der Waals surface area contributed by atoms with Gasteiger partial charge in [-0.3, -0.25) is 9.59 Å². The van der Waals surface area contributed by atoms with Crippen molar-refractivity contribution in [3.63, 3.8) is 0 Å². The van der Waals surface area contributed by atoms with Crippen LogP contribution in [0.25, 0.3) is 0 Å². The van der Waals surface area contributed by atoms with Crippen LogP contribution in [0, 0.1) is 13.8 Å². The predicted molar refractivity (Wildman–Crippen MR) is 109 cm³/mol. The molecular formula is C23H30N2O2. The molecule has 0 saturated carbocycles. The molecule has 1 unspecified atom stereocenters. The largest absolute Gasteiger partial charge is 0.355 e. The highest BCUT2D eigenvalue weighted by Crippen LogP contribution is 2.16. The van der Waals surface area contributed by atoms with Crippen LogP contribution in [0.1, 0.15) is 42.5 Å². The van der Waals surface area contributed by atoms with Crippen LogP contribution in [0.4, 0.5) is 0 Å². The minimum Gasteiger partial charge on any atom is -0.355 e. The van der Waals surface area contributed by atoms with Gasteiger partial charge >= 0.3 is 0 Å². The van der Waals surface area contributed by atoms with E-state index in [4.69, 9.17) is 0 Å². The summed E-state index contributed by atoms with van der Waals surface area (Å²) in [6, 6.07) is 15.6. The van der Waals surface area contributed by atoms with Crippen LogP contribution in [0.5, 0.6) is 0 Å². The Morgan fingerprint density at radius 1 is 0.963 bits per heavy atom. The van der Waals surface area contributed by atoms with Gasteiger partial charge in [0.15, 0.2) is 0 Å². The summed E-state index contributed by atoms with van der Waals surface area (Å²) in [4.78, 5) is 27.5. The number of benzene rings is 2. The third-order valence-corrected chi connectivity index (χ3v) is 4.61. The van der Waals surface area contributed by atoms with Crippen molar-refractivity contribution in [3.05, 3.63) is 70.8 Å². The van der Waals surface area contributed by atoms with E-state index in [-0.39, 0.29) is 11.8 Å². The molecule has 2 aromatic carbocycles. The number of nitrogens with one attached hydrogen (secondary N) is 1. The number of amides is 2. The second-order valence-electron chi connectivity index (χ2n) is 7.00. The van der Waals surface area contributed by atoms with Crippen molar-refractivity contribution in [2.24, 2.45) is 0 Å². The van der Waals surface area contributed by atoms with Gasteiger partial charge in [0.25, 0.3) is 0 Å². The maximum atomic E-state index is 13.2. The number of hydrogen-bond acceptors (Lipinski definition) is 2. The molecule has 0 aliphatic rings. The first kappa shape index (κ1) is 20.7. The topological polar surface area (TPSA) is 49.4 Å². The highest BCUT2D eigenvalue weighted by Gasteiger charge is 2.28. The number of hydrogen-bond donors (Lipinski definition) is 1. The first-order valence-corrected chi connectivity index (χ1v) is 9.62. The van der Waals surface area contributed by atoms with Crippen molar-refractivity contribution in [1.29, 1.82) is 0 Å². The molecule has 0 heterocycles. The van der Waals surface area contributed by atoms with Gasteiger partial charge in [-0.2, -0.15) is 0 Å². The molecule has 4 heteroatoms. The highest BCUT2D eigenvalue weighted by atomic mass is 16.2. The van der Waals surface area contributed by atoms with Crippen LogP contribution in [0.3, 0.4) is 0 Å². The van der Waals surface area contributed by atoms with E-state index >= 15 is 0 Å². The Morgan fingerprint density at radius 2 is 1.56 bits per heavy atom. The van der Waals surface area contributed by atoms with E-state index in [1.807, 2.05) is 70.2 Å². The zero-order valence-electron chi connectivity index (χ0n) is 16.8. The lowest BCUT2D eigenvalue weighted by Gasteiger charge is -2.30. The third kappa shape index (κ3) is 5.95. The number of carbonyl (C=O) groups is 2. The van der Waals surface area contributed by atoms with Gasteiger partial charge in [0.05, 0.1) is 6.42 Å². The lowest BCUT2D eigenvalue weighted by atomic mass is 10.0. The summed E-state index contributed by atoms with van der Waals surface area (Å²) < 4.78 is 0. The summed E-state index contributed by atoms with van der Waals surface area (Å²) >= 11 is 0. The minimum absolute atomic E-state index is 0.0276. The Morgan fingerprint density at radius 3 is 2.11 bits per heavy atom. The van der Waals surface area contributed by atoms with Gasteiger partial charge in [-0.15, -0.1) is 0 Å². The molecule has 0 aliphatic heterocycles. The molecule has 2 rings (SSSR count). The monoisotopic (exact) mass is 366 g/mol. The van der Waals surface area contributed by atoms with E-state index in [1.54, 1.807) is 4.90 Å². The van der Waals surface area contributed by atoms with Crippen molar-refractivity contribution in [2.45, 2.75) is 53.1 Å². The van der Waals surface area contributed by atoms with Gasteiger partial charge in [-0.05, 0) is 38.3 Å². The highest BCUT2D eigenvalue weighted by molar-refractivity contribution is 5.88. The molecule has 2 aromatic rings. The van der Waals surface area contributed by atoms with E-state index in [1.165, 1.54) is 0 Å². The second-order valence-corrected chi connectivity index (χ2v) is 7.00. The van der Waals surface area contributed by atoms with Crippen LogP contribution >= 0.6 is 0 Å². The molecule has 0 bridgehead atoms. The quantitative estimate of drug-likeness (QED) is 0.773. The fraction of sp³-hybridized carbons (Fsp3) is 0.391. The first-order valence-electron chi connectivity index (χ1n) is 9.62. The summed E-state index contributed by atoms with van der Waals surface area (Å²) in [5.41, 5.74) is 4.28. The normalized spacial score (nSPS) is 11.7. The van der Waals surface area contributed by atoms with Gasteiger partial charge in [0.2, 0.25) is 11.8 Å². The van der Waals surface area contributed by atoms with Crippen LogP contribution in [0.2, 0.25) is 0 Å². The van der Waals surface area contributed by atoms with Crippen molar-refractivity contribution in [1.82, 2.24) is 10.2 Å². The summed E-state index contributed by atoms with van der Waals surface area (Å²) in [6.45, 7) is 8.88. The van der Waals surface area contributed by atoms with Gasteiger partial charge in [0.1, 0.15) is 6.04 Å². The molecule has 0 saturated heterocycles. The predicted octanol–water partition coefficient (Wildman–Crippen LogP) is 3.79. The van der Waals surface area contributed by atoms with Crippen molar-refractivity contribution >= 4 is 11.8 Å². The zero-order valence-corrected chi connectivity index (χ0v) is 16.8. The molecule has 2 amide bonds. The molecule has 144 valence electrons. The fourth-order valence-corrected chi connectivity index (χ4v) is 3.32. The Balaban J connectivity index is 2.29. The smallest absolute Gasteiger partial charge is 0.242 e. The van der Waals surface area contributed by atoms with Gasteiger partial charge < -0.3 is 10.2 Å². The van der Waals surface area contributed by atoms with Gasteiger partial charge in [-0.1, -0.05) is 66.6 Å². The Labute approximate surface area is 162 Å². The van der Waals surface area contributed by atoms with E-state index in [2.05, 4.69) is 11.4 Å². The molecular weight excluding hydrogens is 336 g/mol. The molecule has 0 aliphatic carbocycles. The zero-order chi connectivity index (χ0) is 19.8. The summed E-state index contributed by atoms with van der Waals surface area (Å²) in [5.74, 6) is -0.120. The molecule has 0 radical (unpaired) electrons. The Bertz CT molecular complexity index is 785. The maximum absolute atomic E-state index is 13.2. The van der Waals surface area contributed by atoms with Crippen molar-refractivity contribution in [2.75, 3.05) is 6.54 Å². The number of likely N-dealkylation sites (N-methyl/N-ethyl adjacent to an activating group) is 1. The number of aryl methyl sites for hydroxylation is 2. The van der Waals surface area contributed by atoms with Crippen LogP contribution in [-0.4, -0.2) is 29.3 Å². The molecule has 1 atom stereocenters. The van der Waals surface area contributed by atoms with Gasteiger partial charge in [0, 0.05) is 13.1 Å². The molecule has 0 spiro atoms. The average Bonchev–Trinajstić information content (AvgIpc) is 2.62. The van der Waals surface area contributed by atoms with Crippen molar-refractivity contribution in [3.8, 4) is 0 Å². The van der Waals surface area contributed by atoms with Crippen LogP contribution in [-0.2, 0) is 22.6 Å². The first-order chi connectivity index (χ1) is 12.9. The Kier molecular flexibility index (Phi) is 7.59. The fourth-order valence-electron chi connectivity index (χ4n) is 3.32. The molecule has 0 fully saturated rings. The molecule has 1 N–H and O–H groups in total. The van der Waals surface area contributed by atoms with E-state index in [0.717, 1.165) is 22.3 Å². The number of rotatable bonds is 8. The Hall–Kier alpha value is -2.62. The summed E-state index contributed by atoms with van der Waals surface area (Å²) in [7, 11) is 0. The number of nitrogens with zero attached hydrogens (tertiary/aromatic N) is 1. The summed E-state index contributed by atoms with van der Waals surface area (Å²) in [6.07, 6.45) is 0.876. The van der Waals surface area contributed by atoms with Crippen molar-refractivity contribution < 1.29 is 9.59 Å². The van der Waals surface area contributed by atoms with Crippen LogP contribution in [0.15, 0.2) is 48.5 Å². The minimum atomic E-state index is -0.470. The second kappa shape index (κ2) is 9.91. The molecule has 0 aromatic heterocycles. The lowest BCUT2D eigenvalue weighted by Crippen LogP contribution is -2.49. The SMILES string of the molecule is CCNC(=O)C(CC)N(Cc1cccc(C)c1)C(=O)Cc1cccc(C)c1. The van der Waals surface area contributed by atoms with Crippen LogP contribution < -0.4 is 5.32 Å². The van der Waals surface area contributed by atoms with E-state index < -0.39 is 6.04 Å². The molecule has 4 nitrogen and oxygen atoms in total. The third-order valence-electron chi connectivity index (χ3n) is 4.61. The standard InChI is InChI=1S/C23H30N2O2/c1-5-21(23(27)24-6-2)25(16-20-12-8-10-18(4)14-20)22(26)15-19-11-7-9-17(3)13-19/h7-14,21H,5-6,15-16H2,1-4H3,(H,24,27). The number of carbonyl (C=O) groups excluding carboxylic acids is 2. The molecule has 27 heavy (non-hydrogen) atoms.